The van der Waals surface area contributed by atoms with Crippen LogP contribution in [0.25, 0.3) is 0 Å². The molecule has 0 saturated heterocycles. The minimum absolute atomic E-state index is 0.232. The highest BCUT2D eigenvalue weighted by molar-refractivity contribution is 7.99. The molecule has 1 N–H and O–H groups in total. The SMILES string of the molecule is N#Cc1c(Cl)cccc1Sc1ccc(C(=O)O)cc1. The number of aromatic carboxylic acids is 1. The molecule has 0 unspecified atom stereocenters. The van der Waals surface area contributed by atoms with Gasteiger partial charge in [-0.1, -0.05) is 29.4 Å². The van der Waals surface area contributed by atoms with Crippen molar-refractivity contribution >= 4 is 29.3 Å². The Morgan fingerprint density at radius 3 is 2.47 bits per heavy atom. The van der Waals surface area contributed by atoms with Crippen molar-refractivity contribution in [3.05, 3.63) is 58.6 Å². The predicted molar refractivity (Wildman–Crippen MR) is 73.7 cm³/mol. The van der Waals surface area contributed by atoms with Crippen LogP contribution in [0.4, 0.5) is 0 Å². The lowest BCUT2D eigenvalue weighted by Gasteiger charge is -2.05. The molecule has 94 valence electrons. The van der Waals surface area contributed by atoms with Crippen LogP contribution < -0.4 is 0 Å². The molecular formula is C14H8ClNO2S. The lowest BCUT2D eigenvalue weighted by Crippen LogP contribution is -1.94. The summed E-state index contributed by atoms with van der Waals surface area (Å²) in [6.07, 6.45) is 0. The van der Waals surface area contributed by atoms with E-state index in [1.54, 1.807) is 30.3 Å². The highest BCUT2D eigenvalue weighted by Gasteiger charge is 2.08. The van der Waals surface area contributed by atoms with Gasteiger partial charge in [-0.15, -0.1) is 0 Å². The third kappa shape index (κ3) is 3.08. The van der Waals surface area contributed by atoms with Gasteiger partial charge in [-0.05, 0) is 36.4 Å². The van der Waals surface area contributed by atoms with E-state index in [1.807, 2.05) is 0 Å². The van der Waals surface area contributed by atoms with Crippen molar-refractivity contribution in [3.63, 3.8) is 0 Å². The molecule has 0 aliphatic rings. The molecule has 0 spiro atoms. The maximum absolute atomic E-state index is 10.7. The smallest absolute Gasteiger partial charge is 0.335 e. The molecule has 2 aromatic carbocycles. The van der Waals surface area contributed by atoms with E-state index in [4.69, 9.17) is 22.0 Å². The Morgan fingerprint density at radius 2 is 1.89 bits per heavy atom. The molecule has 5 heteroatoms. The lowest BCUT2D eigenvalue weighted by molar-refractivity contribution is 0.0697. The summed E-state index contributed by atoms with van der Waals surface area (Å²) >= 11 is 7.32. The van der Waals surface area contributed by atoms with E-state index in [-0.39, 0.29) is 5.56 Å². The molecule has 2 rings (SSSR count). The van der Waals surface area contributed by atoms with Gasteiger partial charge in [0.1, 0.15) is 6.07 Å². The summed E-state index contributed by atoms with van der Waals surface area (Å²) < 4.78 is 0. The van der Waals surface area contributed by atoms with Crippen molar-refractivity contribution in [3.8, 4) is 6.07 Å². The molecule has 0 aromatic heterocycles. The van der Waals surface area contributed by atoms with Gasteiger partial charge < -0.3 is 5.11 Å². The first-order valence-electron chi connectivity index (χ1n) is 5.31. The normalized spacial score (nSPS) is 9.89. The van der Waals surface area contributed by atoms with E-state index in [0.717, 1.165) is 9.79 Å². The largest absolute Gasteiger partial charge is 0.478 e. The average molecular weight is 290 g/mol. The van der Waals surface area contributed by atoms with E-state index in [9.17, 15) is 4.79 Å². The Bertz CT molecular complexity index is 662. The van der Waals surface area contributed by atoms with Crippen LogP contribution in [0.2, 0.25) is 5.02 Å². The zero-order valence-electron chi connectivity index (χ0n) is 9.63. The summed E-state index contributed by atoms with van der Waals surface area (Å²) in [5.41, 5.74) is 0.660. The van der Waals surface area contributed by atoms with E-state index >= 15 is 0 Å². The van der Waals surface area contributed by atoms with Gasteiger partial charge in [0.2, 0.25) is 0 Å². The molecule has 0 aliphatic carbocycles. The zero-order valence-corrected chi connectivity index (χ0v) is 11.2. The molecule has 19 heavy (non-hydrogen) atoms. The fourth-order valence-corrected chi connectivity index (χ4v) is 2.69. The summed E-state index contributed by atoms with van der Waals surface area (Å²) in [5, 5.41) is 18.3. The Morgan fingerprint density at radius 1 is 1.21 bits per heavy atom. The van der Waals surface area contributed by atoms with Gasteiger partial charge in [-0.2, -0.15) is 5.26 Å². The second-order valence-electron chi connectivity index (χ2n) is 3.66. The summed E-state index contributed by atoms with van der Waals surface area (Å²) in [4.78, 5) is 12.3. The molecule has 0 radical (unpaired) electrons. The van der Waals surface area contributed by atoms with Crippen molar-refractivity contribution in [1.82, 2.24) is 0 Å². The Balaban J connectivity index is 2.29. The van der Waals surface area contributed by atoms with Gasteiger partial charge >= 0.3 is 5.97 Å². The fourth-order valence-electron chi connectivity index (χ4n) is 1.49. The number of rotatable bonds is 3. The third-order valence-corrected chi connectivity index (χ3v) is 3.80. The van der Waals surface area contributed by atoms with Gasteiger partial charge in [0.25, 0.3) is 0 Å². The zero-order chi connectivity index (χ0) is 13.8. The van der Waals surface area contributed by atoms with Crippen molar-refractivity contribution in [1.29, 1.82) is 5.26 Å². The minimum Gasteiger partial charge on any atom is -0.478 e. The van der Waals surface area contributed by atoms with Crippen LogP contribution in [0.5, 0.6) is 0 Å². The monoisotopic (exact) mass is 289 g/mol. The fraction of sp³-hybridized carbons (Fsp3) is 0. The standard InChI is InChI=1S/C14H8ClNO2S/c15-12-2-1-3-13(11(12)8-16)19-10-6-4-9(5-7-10)14(17)18/h1-7H,(H,17,18). The van der Waals surface area contributed by atoms with Crippen molar-refractivity contribution in [2.45, 2.75) is 9.79 Å². The number of carboxylic acid groups (broad SMARTS) is 1. The molecule has 0 fully saturated rings. The van der Waals surface area contributed by atoms with E-state index in [2.05, 4.69) is 6.07 Å². The van der Waals surface area contributed by atoms with Crippen molar-refractivity contribution in [2.75, 3.05) is 0 Å². The first-order valence-corrected chi connectivity index (χ1v) is 6.51. The number of halogens is 1. The number of nitrogens with zero attached hydrogens (tertiary/aromatic N) is 1. The number of nitriles is 1. The first-order chi connectivity index (χ1) is 9.11. The molecule has 0 atom stereocenters. The van der Waals surface area contributed by atoms with E-state index < -0.39 is 5.97 Å². The summed E-state index contributed by atoms with van der Waals surface area (Å²) in [6, 6.07) is 13.8. The van der Waals surface area contributed by atoms with Gasteiger partial charge in [0.15, 0.2) is 0 Å². The van der Waals surface area contributed by atoms with Gasteiger partial charge in [0.05, 0.1) is 16.1 Å². The average Bonchev–Trinajstić information content (AvgIpc) is 2.39. The molecule has 2 aromatic rings. The van der Waals surface area contributed by atoms with Crippen LogP contribution >= 0.6 is 23.4 Å². The van der Waals surface area contributed by atoms with Crippen molar-refractivity contribution < 1.29 is 9.90 Å². The summed E-state index contributed by atoms with van der Waals surface area (Å²) in [5.74, 6) is -0.961. The van der Waals surface area contributed by atoms with Crippen LogP contribution in [-0.2, 0) is 0 Å². The van der Waals surface area contributed by atoms with Gasteiger partial charge in [-0.25, -0.2) is 4.79 Å². The molecule has 3 nitrogen and oxygen atoms in total. The van der Waals surface area contributed by atoms with Gasteiger partial charge in [0, 0.05) is 9.79 Å². The number of carbonyl (C=O) groups is 1. The first kappa shape index (κ1) is 13.5. The highest BCUT2D eigenvalue weighted by Crippen LogP contribution is 2.33. The maximum Gasteiger partial charge on any atom is 0.335 e. The molecule has 0 saturated carbocycles. The Hall–Kier alpha value is -1.96. The highest BCUT2D eigenvalue weighted by atomic mass is 35.5. The predicted octanol–water partition coefficient (Wildman–Crippen LogP) is 4.06. The summed E-state index contributed by atoms with van der Waals surface area (Å²) in [7, 11) is 0. The van der Waals surface area contributed by atoms with Crippen LogP contribution in [-0.4, -0.2) is 11.1 Å². The Labute approximate surface area is 119 Å². The lowest BCUT2D eigenvalue weighted by atomic mass is 10.2. The maximum atomic E-state index is 10.7. The molecular weight excluding hydrogens is 282 g/mol. The van der Waals surface area contributed by atoms with Crippen LogP contribution in [0.15, 0.2) is 52.3 Å². The van der Waals surface area contributed by atoms with Crippen LogP contribution in [0.3, 0.4) is 0 Å². The van der Waals surface area contributed by atoms with E-state index in [1.165, 1.54) is 23.9 Å². The molecule has 0 aliphatic heterocycles. The molecule has 0 heterocycles. The quantitative estimate of drug-likeness (QED) is 0.925. The second-order valence-corrected chi connectivity index (χ2v) is 5.18. The Kier molecular flexibility index (Phi) is 4.10. The number of hydrogen-bond acceptors (Lipinski definition) is 3. The van der Waals surface area contributed by atoms with Crippen molar-refractivity contribution in [2.24, 2.45) is 0 Å². The number of benzene rings is 2. The number of hydrogen-bond donors (Lipinski definition) is 1. The summed E-state index contributed by atoms with van der Waals surface area (Å²) in [6.45, 7) is 0. The molecule has 0 bridgehead atoms. The van der Waals surface area contributed by atoms with Crippen LogP contribution in [0.1, 0.15) is 15.9 Å². The second kappa shape index (κ2) is 5.79. The van der Waals surface area contributed by atoms with Crippen LogP contribution in [0, 0.1) is 11.3 Å². The molecule has 0 amide bonds. The minimum atomic E-state index is -0.961. The third-order valence-electron chi connectivity index (χ3n) is 2.42. The topological polar surface area (TPSA) is 61.1 Å². The number of carboxylic acids is 1. The van der Waals surface area contributed by atoms with Gasteiger partial charge in [-0.3, -0.25) is 0 Å². The van der Waals surface area contributed by atoms with E-state index in [0.29, 0.717) is 10.6 Å².